The Balaban J connectivity index is 1.87. The number of Topliss-reactive ketones (excluding diaryl/α,β-unsaturated/α-hetero) is 1. The van der Waals surface area contributed by atoms with Crippen molar-refractivity contribution in [1.82, 2.24) is 4.90 Å². The van der Waals surface area contributed by atoms with Gasteiger partial charge in [0.15, 0.2) is 0 Å². The predicted octanol–water partition coefficient (Wildman–Crippen LogP) is 3.93. The van der Waals surface area contributed by atoms with Crippen LogP contribution in [0.2, 0.25) is 0 Å². The molecule has 1 fully saturated rings. The van der Waals surface area contributed by atoms with Crippen molar-refractivity contribution in [2.45, 2.75) is 59.4 Å². The molecular formula is C19H29NO. The molecule has 0 bridgehead atoms. The number of carbonyl (C=O) groups is 1. The van der Waals surface area contributed by atoms with E-state index in [1.54, 1.807) is 0 Å². The summed E-state index contributed by atoms with van der Waals surface area (Å²) >= 11 is 0. The normalized spacial score (nSPS) is 20.0. The Kier molecular flexibility index (Phi) is 5.58. The van der Waals surface area contributed by atoms with Gasteiger partial charge in [-0.1, -0.05) is 18.2 Å². The van der Waals surface area contributed by atoms with E-state index in [1.807, 2.05) is 0 Å². The van der Waals surface area contributed by atoms with Crippen LogP contribution in [0.25, 0.3) is 0 Å². The van der Waals surface area contributed by atoms with Crippen molar-refractivity contribution in [3.63, 3.8) is 0 Å². The minimum absolute atomic E-state index is 0.397. The van der Waals surface area contributed by atoms with Gasteiger partial charge in [0.05, 0.1) is 0 Å². The molecule has 1 saturated heterocycles. The lowest BCUT2D eigenvalue weighted by Crippen LogP contribution is -2.40. The molecule has 1 aliphatic heterocycles. The van der Waals surface area contributed by atoms with E-state index in [-0.39, 0.29) is 0 Å². The van der Waals surface area contributed by atoms with E-state index >= 15 is 0 Å². The summed E-state index contributed by atoms with van der Waals surface area (Å²) in [5.74, 6) is 0.953. The van der Waals surface area contributed by atoms with E-state index in [0.717, 1.165) is 13.0 Å². The van der Waals surface area contributed by atoms with Gasteiger partial charge < -0.3 is 4.90 Å². The Bertz CT molecular complexity index is 492. The average Bonchev–Trinajstić information content (AvgIpc) is 2.43. The molecule has 21 heavy (non-hydrogen) atoms. The highest BCUT2D eigenvalue weighted by Gasteiger charge is 2.23. The van der Waals surface area contributed by atoms with Crippen LogP contribution in [0, 0.1) is 19.8 Å². The fraction of sp³-hybridized carbons (Fsp3) is 0.632. The lowest BCUT2D eigenvalue weighted by atomic mass is 9.90. The van der Waals surface area contributed by atoms with Gasteiger partial charge in [-0.3, -0.25) is 4.79 Å². The van der Waals surface area contributed by atoms with Gasteiger partial charge >= 0.3 is 0 Å². The number of hydrogen-bond donors (Lipinski definition) is 0. The van der Waals surface area contributed by atoms with Crippen LogP contribution in [-0.4, -0.2) is 29.8 Å². The van der Waals surface area contributed by atoms with Crippen LogP contribution in [0.15, 0.2) is 18.2 Å². The van der Waals surface area contributed by atoms with Crippen LogP contribution in [0.1, 0.15) is 49.8 Å². The highest BCUT2D eigenvalue weighted by Crippen LogP contribution is 2.22. The standard InChI is InChI=1S/C19H29NO/c1-14(2)20-9-5-6-18(13-20)12-19(21)11-17-8-7-15(3)16(4)10-17/h7-8,10,14,18H,5-6,9,11-13H2,1-4H3/t18-/m0/s1. The molecule has 0 amide bonds. The van der Waals surface area contributed by atoms with Gasteiger partial charge in [0.25, 0.3) is 0 Å². The number of benzene rings is 1. The molecular weight excluding hydrogens is 258 g/mol. The molecule has 2 rings (SSSR count). The van der Waals surface area contributed by atoms with Crippen molar-refractivity contribution in [2.75, 3.05) is 13.1 Å². The Labute approximate surface area is 129 Å². The number of likely N-dealkylation sites (tertiary alicyclic amines) is 1. The maximum Gasteiger partial charge on any atom is 0.137 e. The zero-order valence-electron chi connectivity index (χ0n) is 14.0. The number of hydrogen-bond acceptors (Lipinski definition) is 2. The maximum absolute atomic E-state index is 12.3. The van der Waals surface area contributed by atoms with Crippen LogP contribution >= 0.6 is 0 Å². The van der Waals surface area contributed by atoms with Crippen molar-refractivity contribution in [1.29, 1.82) is 0 Å². The van der Waals surface area contributed by atoms with Crippen LogP contribution in [-0.2, 0) is 11.2 Å². The quantitative estimate of drug-likeness (QED) is 0.818. The van der Waals surface area contributed by atoms with Gasteiger partial charge in [-0.2, -0.15) is 0 Å². The molecule has 1 heterocycles. The van der Waals surface area contributed by atoms with Gasteiger partial charge in [-0.15, -0.1) is 0 Å². The molecule has 1 aromatic carbocycles. The minimum atomic E-state index is 0.397. The van der Waals surface area contributed by atoms with Crippen molar-refractivity contribution in [3.05, 3.63) is 34.9 Å². The van der Waals surface area contributed by atoms with Gasteiger partial charge in [0.2, 0.25) is 0 Å². The van der Waals surface area contributed by atoms with Gasteiger partial charge in [0, 0.05) is 25.4 Å². The summed E-state index contributed by atoms with van der Waals surface area (Å²) in [6.07, 6.45) is 3.79. The summed E-state index contributed by atoms with van der Waals surface area (Å²) in [6, 6.07) is 6.98. The van der Waals surface area contributed by atoms with Crippen LogP contribution in [0.3, 0.4) is 0 Å². The second-order valence-electron chi connectivity index (χ2n) is 6.94. The third-order valence-electron chi connectivity index (χ3n) is 4.77. The summed E-state index contributed by atoms with van der Waals surface area (Å²) < 4.78 is 0. The largest absolute Gasteiger partial charge is 0.301 e. The number of ketones is 1. The lowest BCUT2D eigenvalue weighted by Gasteiger charge is -2.35. The first kappa shape index (κ1) is 16.2. The first-order chi connectivity index (χ1) is 9.95. The molecule has 0 N–H and O–H groups in total. The molecule has 2 nitrogen and oxygen atoms in total. The van der Waals surface area contributed by atoms with Crippen molar-refractivity contribution in [3.8, 4) is 0 Å². The third kappa shape index (κ3) is 4.67. The highest BCUT2D eigenvalue weighted by atomic mass is 16.1. The predicted molar refractivity (Wildman–Crippen MR) is 88.7 cm³/mol. The maximum atomic E-state index is 12.3. The van der Waals surface area contributed by atoms with E-state index in [9.17, 15) is 4.79 Å². The van der Waals surface area contributed by atoms with Gasteiger partial charge in [-0.05, 0) is 69.7 Å². The smallest absolute Gasteiger partial charge is 0.137 e. The molecule has 0 aromatic heterocycles. The molecule has 0 saturated carbocycles. The van der Waals surface area contributed by atoms with Crippen molar-refractivity contribution >= 4 is 5.78 Å². The number of aryl methyl sites for hydroxylation is 2. The zero-order chi connectivity index (χ0) is 15.4. The molecule has 1 aliphatic rings. The van der Waals surface area contributed by atoms with E-state index in [0.29, 0.717) is 24.2 Å². The first-order valence-corrected chi connectivity index (χ1v) is 8.27. The monoisotopic (exact) mass is 287 g/mol. The summed E-state index contributed by atoms with van der Waals surface area (Å²) in [6.45, 7) is 11.0. The number of piperidine rings is 1. The highest BCUT2D eigenvalue weighted by molar-refractivity contribution is 5.81. The second-order valence-corrected chi connectivity index (χ2v) is 6.94. The Morgan fingerprint density at radius 3 is 2.71 bits per heavy atom. The summed E-state index contributed by atoms with van der Waals surface area (Å²) in [5, 5.41) is 0. The average molecular weight is 287 g/mol. The van der Waals surface area contributed by atoms with Crippen molar-refractivity contribution in [2.24, 2.45) is 5.92 Å². The second kappa shape index (κ2) is 7.22. The van der Waals surface area contributed by atoms with E-state index in [2.05, 4.69) is 50.8 Å². The third-order valence-corrected chi connectivity index (χ3v) is 4.77. The van der Waals surface area contributed by atoms with Gasteiger partial charge in [0.1, 0.15) is 5.78 Å². The molecule has 1 aromatic rings. The van der Waals surface area contributed by atoms with Crippen LogP contribution in [0.5, 0.6) is 0 Å². The number of carbonyl (C=O) groups excluding carboxylic acids is 1. The molecule has 0 radical (unpaired) electrons. The topological polar surface area (TPSA) is 20.3 Å². The van der Waals surface area contributed by atoms with E-state index in [1.165, 1.54) is 36.1 Å². The number of rotatable bonds is 5. The van der Waals surface area contributed by atoms with Crippen LogP contribution in [0.4, 0.5) is 0 Å². The Morgan fingerprint density at radius 1 is 1.29 bits per heavy atom. The number of nitrogens with zero attached hydrogens (tertiary/aromatic N) is 1. The molecule has 116 valence electrons. The van der Waals surface area contributed by atoms with E-state index in [4.69, 9.17) is 0 Å². The molecule has 2 heteroatoms. The lowest BCUT2D eigenvalue weighted by molar-refractivity contribution is -0.119. The molecule has 0 unspecified atom stereocenters. The molecule has 0 spiro atoms. The molecule has 0 aliphatic carbocycles. The fourth-order valence-corrected chi connectivity index (χ4v) is 3.27. The van der Waals surface area contributed by atoms with Crippen LogP contribution < -0.4 is 0 Å². The van der Waals surface area contributed by atoms with Crippen molar-refractivity contribution < 1.29 is 4.79 Å². The first-order valence-electron chi connectivity index (χ1n) is 8.27. The molecule has 1 atom stereocenters. The van der Waals surface area contributed by atoms with E-state index < -0.39 is 0 Å². The Morgan fingerprint density at radius 2 is 2.05 bits per heavy atom. The fourth-order valence-electron chi connectivity index (χ4n) is 3.27. The Hall–Kier alpha value is -1.15. The summed E-state index contributed by atoms with van der Waals surface area (Å²) in [4.78, 5) is 14.8. The summed E-state index contributed by atoms with van der Waals surface area (Å²) in [5.41, 5.74) is 3.75. The minimum Gasteiger partial charge on any atom is -0.301 e. The summed E-state index contributed by atoms with van der Waals surface area (Å²) in [7, 11) is 0. The zero-order valence-corrected chi connectivity index (χ0v) is 14.0. The SMILES string of the molecule is Cc1ccc(CC(=O)C[C@@H]2CCCN(C(C)C)C2)cc1C. The van der Waals surface area contributed by atoms with Gasteiger partial charge in [-0.25, -0.2) is 0 Å².